The maximum atomic E-state index is 10.0. The predicted octanol–water partition coefficient (Wildman–Crippen LogP) is -2.38. The summed E-state index contributed by atoms with van der Waals surface area (Å²) in [7, 11) is 0. The van der Waals surface area contributed by atoms with Gasteiger partial charge in [-0.15, -0.1) is 0 Å². The summed E-state index contributed by atoms with van der Waals surface area (Å²) < 4.78 is 6.69. The van der Waals surface area contributed by atoms with Gasteiger partial charge < -0.3 is 25.8 Å². The fraction of sp³-hybridized carbons (Fsp3) is 0.833. The van der Waals surface area contributed by atoms with Crippen molar-refractivity contribution in [2.45, 2.75) is 31.3 Å². The van der Waals surface area contributed by atoms with Gasteiger partial charge in [-0.3, -0.25) is 0 Å². The third-order valence-electron chi connectivity index (χ3n) is 1.38. The first-order valence-corrected chi connectivity index (χ1v) is 3.21. The van der Waals surface area contributed by atoms with Gasteiger partial charge in [-0.25, -0.2) is 0 Å². The SMILES string of the molecule is [2H]N[C@@H]([C@H](O)[C@@H](O)C=O)[C@@H](C)O. The standard InChI is InChI=1S/C6H13NO4/c1-3(9)5(7)6(11)4(10)2-8/h2-6,9-11H,7H2,1H3/t3-,4+,5-,6-/m1/s1/i/hD. The van der Waals surface area contributed by atoms with E-state index in [1.54, 1.807) is 0 Å². The van der Waals surface area contributed by atoms with Gasteiger partial charge >= 0.3 is 0 Å². The van der Waals surface area contributed by atoms with Crippen molar-refractivity contribution in [3.8, 4) is 0 Å². The number of carbonyl (C=O) groups excluding carboxylic acids is 1. The summed E-state index contributed by atoms with van der Waals surface area (Å²) >= 11 is 0. The van der Waals surface area contributed by atoms with Gasteiger partial charge in [0.2, 0.25) is 0 Å². The van der Waals surface area contributed by atoms with Crippen LogP contribution in [0.5, 0.6) is 0 Å². The van der Waals surface area contributed by atoms with Crippen LogP contribution in [0.2, 0.25) is 1.41 Å². The van der Waals surface area contributed by atoms with Crippen LogP contribution in [0.4, 0.5) is 0 Å². The first-order valence-electron chi connectivity index (χ1n) is 3.71. The van der Waals surface area contributed by atoms with Gasteiger partial charge in [-0.1, -0.05) is 0 Å². The summed E-state index contributed by atoms with van der Waals surface area (Å²) in [5.41, 5.74) is 1.85. The van der Waals surface area contributed by atoms with E-state index in [2.05, 4.69) is 0 Å². The van der Waals surface area contributed by atoms with Crippen LogP contribution in [-0.2, 0) is 4.79 Å². The minimum atomic E-state index is -1.58. The monoisotopic (exact) mass is 164 g/mol. The van der Waals surface area contributed by atoms with Crippen LogP contribution in [0.1, 0.15) is 6.92 Å². The van der Waals surface area contributed by atoms with E-state index in [0.717, 1.165) is 0 Å². The van der Waals surface area contributed by atoms with Crippen molar-refractivity contribution in [2.24, 2.45) is 5.73 Å². The molecule has 4 atom stereocenters. The molecule has 5 heteroatoms. The summed E-state index contributed by atoms with van der Waals surface area (Å²) in [5.74, 6) is 0. The third-order valence-corrected chi connectivity index (χ3v) is 1.38. The summed E-state index contributed by atoms with van der Waals surface area (Å²) in [5, 5.41) is 26.9. The molecule has 0 amide bonds. The quantitative estimate of drug-likeness (QED) is 0.339. The number of hydrogen-bond acceptors (Lipinski definition) is 5. The molecule has 0 aliphatic rings. The van der Waals surface area contributed by atoms with E-state index in [-0.39, 0.29) is 6.29 Å². The van der Waals surface area contributed by atoms with Crippen LogP contribution in [0.25, 0.3) is 0 Å². The van der Waals surface area contributed by atoms with E-state index in [1.165, 1.54) is 6.92 Å². The highest BCUT2D eigenvalue weighted by Crippen LogP contribution is 1.99. The Morgan fingerprint density at radius 3 is 2.36 bits per heavy atom. The van der Waals surface area contributed by atoms with E-state index in [9.17, 15) is 4.79 Å². The number of nitrogens with two attached hydrogens (primary N) is 1. The van der Waals surface area contributed by atoms with E-state index in [0.29, 0.717) is 0 Å². The van der Waals surface area contributed by atoms with Gasteiger partial charge in [-0.2, -0.15) is 0 Å². The Kier molecular flexibility index (Phi) is 3.44. The number of aliphatic hydroxyl groups excluding tert-OH is 3. The molecule has 0 fully saturated rings. The molecule has 11 heavy (non-hydrogen) atoms. The lowest BCUT2D eigenvalue weighted by Gasteiger charge is -2.22. The second-order valence-corrected chi connectivity index (χ2v) is 2.38. The molecule has 0 radical (unpaired) electrons. The maximum absolute atomic E-state index is 10.0. The van der Waals surface area contributed by atoms with Crippen molar-refractivity contribution < 1.29 is 21.5 Å². The number of aldehydes is 1. The summed E-state index contributed by atoms with van der Waals surface area (Å²) in [6, 6.07) is -1.04. The number of rotatable bonds is 5. The fourth-order valence-corrected chi connectivity index (χ4v) is 0.578. The van der Waals surface area contributed by atoms with E-state index < -0.39 is 24.4 Å². The molecule has 0 aliphatic heterocycles. The summed E-state index contributed by atoms with van der Waals surface area (Å²) in [4.78, 5) is 10.0. The third kappa shape index (κ3) is 2.94. The number of hydrogen-bond donors (Lipinski definition) is 4. The number of aliphatic hydroxyl groups is 3. The summed E-state index contributed by atoms with van der Waals surface area (Å²) in [6.45, 7) is 1.34. The van der Waals surface area contributed by atoms with Crippen LogP contribution >= 0.6 is 0 Å². The van der Waals surface area contributed by atoms with Crippen molar-refractivity contribution in [3.05, 3.63) is 0 Å². The molecule has 0 aliphatic carbocycles. The lowest BCUT2D eigenvalue weighted by Crippen LogP contribution is -2.49. The molecule has 66 valence electrons. The fourth-order valence-electron chi connectivity index (χ4n) is 0.578. The normalized spacial score (nSPS) is 23.1. The molecular weight excluding hydrogens is 150 g/mol. The Morgan fingerprint density at radius 1 is 1.55 bits per heavy atom. The van der Waals surface area contributed by atoms with Gasteiger partial charge in [0, 0.05) is 0 Å². The molecule has 0 spiro atoms. The largest absolute Gasteiger partial charge is 0.392 e. The number of carbonyl (C=O) groups is 1. The van der Waals surface area contributed by atoms with Crippen LogP contribution in [0, 0.1) is 0 Å². The molecule has 0 saturated carbocycles. The molecule has 5 nitrogen and oxygen atoms in total. The topological polar surface area (TPSA) is 104 Å². The van der Waals surface area contributed by atoms with Crippen molar-refractivity contribution in [1.82, 2.24) is 0 Å². The van der Waals surface area contributed by atoms with Crippen LogP contribution in [-0.4, -0.2) is 46.0 Å². The summed E-state index contributed by atoms with van der Waals surface area (Å²) in [6.07, 6.45) is -3.92. The Hall–Kier alpha value is -0.490. The van der Waals surface area contributed by atoms with E-state index >= 15 is 0 Å². The average molecular weight is 164 g/mol. The molecule has 5 N–H and O–H groups in total. The van der Waals surface area contributed by atoms with Gasteiger partial charge in [0.05, 0.1) is 12.1 Å². The Bertz CT molecular complexity index is 144. The Balaban J connectivity index is 4.19. The smallest absolute Gasteiger partial charge is 0.151 e. The van der Waals surface area contributed by atoms with Gasteiger partial charge in [0.15, 0.2) is 6.29 Å². The Morgan fingerprint density at radius 2 is 2.09 bits per heavy atom. The highest BCUT2D eigenvalue weighted by Gasteiger charge is 2.25. The van der Waals surface area contributed by atoms with Crippen LogP contribution in [0.15, 0.2) is 0 Å². The zero-order valence-corrected chi connectivity index (χ0v) is 6.14. The molecule has 0 aromatic carbocycles. The molecule has 0 aromatic rings. The molecule has 0 saturated heterocycles. The molecule has 0 unspecified atom stereocenters. The van der Waals surface area contributed by atoms with Crippen molar-refractivity contribution >= 4 is 6.29 Å². The highest BCUT2D eigenvalue weighted by molar-refractivity contribution is 5.56. The first-order chi connectivity index (χ1) is 5.54. The van der Waals surface area contributed by atoms with Crippen LogP contribution in [0.3, 0.4) is 0 Å². The predicted molar refractivity (Wildman–Crippen MR) is 37.7 cm³/mol. The van der Waals surface area contributed by atoms with E-state index in [4.69, 9.17) is 16.7 Å². The van der Waals surface area contributed by atoms with E-state index in [1.807, 2.05) is 5.73 Å². The molecule has 0 heterocycles. The maximum Gasteiger partial charge on any atom is 0.151 e. The minimum Gasteiger partial charge on any atom is -0.392 e. The average Bonchev–Trinajstić information content (AvgIpc) is 2.03. The second kappa shape index (κ2) is 4.40. The minimum absolute atomic E-state index is 0.150. The second-order valence-electron chi connectivity index (χ2n) is 2.38. The van der Waals surface area contributed by atoms with Crippen LogP contribution < -0.4 is 5.73 Å². The molecule has 0 aromatic heterocycles. The molecule has 0 rings (SSSR count). The zero-order chi connectivity index (χ0) is 9.72. The highest BCUT2D eigenvalue weighted by atomic mass is 16.3. The van der Waals surface area contributed by atoms with Crippen molar-refractivity contribution in [1.29, 1.82) is 0 Å². The van der Waals surface area contributed by atoms with Crippen molar-refractivity contribution in [2.75, 3.05) is 0 Å². The Labute approximate surface area is 65.9 Å². The molecular formula is C6H13NO4. The molecule has 0 bridgehead atoms. The lowest BCUT2D eigenvalue weighted by atomic mass is 10.0. The first kappa shape index (κ1) is 8.61. The van der Waals surface area contributed by atoms with Gasteiger partial charge in [0.25, 0.3) is 0 Å². The zero-order valence-electron chi connectivity index (χ0n) is 7.14. The lowest BCUT2D eigenvalue weighted by molar-refractivity contribution is -0.122. The van der Waals surface area contributed by atoms with Gasteiger partial charge in [0.1, 0.15) is 13.6 Å². The van der Waals surface area contributed by atoms with Crippen molar-refractivity contribution in [3.63, 3.8) is 0 Å². The van der Waals surface area contributed by atoms with Gasteiger partial charge in [-0.05, 0) is 6.92 Å².